The third-order valence-electron chi connectivity index (χ3n) is 4.39. The fourth-order valence-electron chi connectivity index (χ4n) is 2.93. The van der Waals surface area contributed by atoms with Crippen molar-refractivity contribution in [1.82, 2.24) is 35.0 Å². The Morgan fingerprint density at radius 2 is 1.74 bits per heavy atom. The lowest BCUT2D eigenvalue weighted by molar-refractivity contribution is 0.0563. The summed E-state index contributed by atoms with van der Waals surface area (Å²) in [6.45, 7) is 0.981. The summed E-state index contributed by atoms with van der Waals surface area (Å²) in [6, 6.07) is 9.17. The minimum atomic E-state index is -0.157. The largest absolute Gasteiger partial charge is 0.338 e. The fraction of sp³-hybridized carbons (Fsp3) is 0.167. The van der Waals surface area contributed by atoms with Crippen LogP contribution in [0, 0.1) is 0 Å². The van der Waals surface area contributed by atoms with Crippen molar-refractivity contribution in [3.05, 3.63) is 60.5 Å². The number of rotatable bonds is 3. The summed E-state index contributed by atoms with van der Waals surface area (Å²) in [5, 5.41) is 3.91. The van der Waals surface area contributed by atoms with Crippen LogP contribution in [0.1, 0.15) is 22.3 Å². The van der Waals surface area contributed by atoms with Crippen molar-refractivity contribution >= 4 is 16.9 Å². The molecule has 0 spiro atoms. The molecule has 9 heteroatoms. The number of aromatic nitrogens is 6. The van der Waals surface area contributed by atoms with Crippen molar-refractivity contribution in [1.29, 1.82) is 0 Å². The zero-order valence-corrected chi connectivity index (χ0v) is 14.1. The first-order valence-corrected chi connectivity index (χ1v) is 8.40. The van der Waals surface area contributed by atoms with Gasteiger partial charge in [0.05, 0.1) is 23.1 Å². The summed E-state index contributed by atoms with van der Waals surface area (Å²) in [6.07, 6.45) is 4.75. The van der Waals surface area contributed by atoms with Gasteiger partial charge in [-0.15, -0.1) is 0 Å². The van der Waals surface area contributed by atoms with E-state index < -0.39 is 0 Å². The summed E-state index contributed by atoms with van der Waals surface area (Å²) in [5.74, 6) is 1.07. The molecule has 1 aliphatic heterocycles. The molecule has 9 nitrogen and oxygen atoms in total. The first kappa shape index (κ1) is 15.5. The number of fused-ring (bicyclic) bond motifs is 1. The number of carbonyl (C=O) groups excluding carboxylic acids is 1. The van der Waals surface area contributed by atoms with Crippen LogP contribution in [0.4, 0.5) is 0 Å². The zero-order valence-electron chi connectivity index (χ0n) is 14.1. The van der Waals surface area contributed by atoms with Crippen LogP contribution in [0.15, 0.2) is 53.4 Å². The quantitative estimate of drug-likeness (QED) is 0.543. The molecule has 0 atom stereocenters. The molecule has 27 heavy (non-hydrogen) atoms. The van der Waals surface area contributed by atoms with Crippen LogP contribution in [0.5, 0.6) is 0 Å². The predicted octanol–water partition coefficient (Wildman–Crippen LogP) is 1.71. The minimum Gasteiger partial charge on any atom is -0.338 e. The summed E-state index contributed by atoms with van der Waals surface area (Å²) < 4.78 is 5.31. The highest BCUT2D eigenvalue weighted by atomic mass is 16.5. The molecular weight excluding hydrogens is 346 g/mol. The molecule has 0 radical (unpaired) electrons. The van der Waals surface area contributed by atoms with Crippen LogP contribution in [0.2, 0.25) is 0 Å². The molecule has 0 saturated carbocycles. The molecule has 0 N–H and O–H groups in total. The second kappa shape index (κ2) is 6.20. The average Bonchev–Trinajstić information content (AvgIpc) is 3.17. The Balaban J connectivity index is 1.29. The molecule has 0 aliphatic carbocycles. The summed E-state index contributed by atoms with van der Waals surface area (Å²) >= 11 is 0. The Hall–Kier alpha value is -3.75. The first-order valence-electron chi connectivity index (χ1n) is 8.40. The van der Waals surface area contributed by atoms with Gasteiger partial charge in [0.15, 0.2) is 0 Å². The Morgan fingerprint density at radius 1 is 0.963 bits per heavy atom. The van der Waals surface area contributed by atoms with Gasteiger partial charge in [0.1, 0.15) is 5.69 Å². The summed E-state index contributed by atoms with van der Waals surface area (Å²) in [4.78, 5) is 35.5. The topological polar surface area (TPSA) is 111 Å². The van der Waals surface area contributed by atoms with Crippen molar-refractivity contribution in [2.24, 2.45) is 0 Å². The SMILES string of the molecule is O=C(c1cnc2ccccc2n1)N1CC(c2nc(-c3ncccn3)no2)C1. The van der Waals surface area contributed by atoms with Crippen LogP contribution in [0.3, 0.4) is 0 Å². The van der Waals surface area contributed by atoms with Gasteiger partial charge in [0, 0.05) is 25.5 Å². The Morgan fingerprint density at radius 3 is 2.56 bits per heavy atom. The number of amides is 1. The van der Waals surface area contributed by atoms with Crippen molar-refractivity contribution < 1.29 is 9.32 Å². The number of benzene rings is 1. The van der Waals surface area contributed by atoms with E-state index in [1.165, 1.54) is 6.20 Å². The van der Waals surface area contributed by atoms with Gasteiger partial charge < -0.3 is 9.42 Å². The third kappa shape index (κ3) is 2.78. The number of nitrogens with zero attached hydrogens (tertiary/aromatic N) is 7. The molecule has 1 amide bonds. The molecule has 5 rings (SSSR count). The van der Waals surface area contributed by atoms with E-state index in [2.05, 4.69) is 30.1 Å². The number of hydrogen-bond acceptors (Lipinski definition) is 8. The van der Waals surface area contributed by atoms with Gasteiger partial charge in [0.25, 0.3) is 5.91 Å². The van der Waals surface area contributed by atoms with Gasteiger partial charge in [-0.1, -0.05) is 17.3 Å². The maximum atomic E-state index is 12.6. The predicted molar refractivity (Wildman–Crippen MR) is 93.5 cm³/mol. The van der Waals surface area contributed by atoms with Crippen LogP contribution in [-0.4, -0.2) is 54.0 Å². The fourth-order valence-corrected chi connectivity index (χ4v) is 2.93. The molecule has 1 aromatic carbocycles. The van der Waals surface area contributed by atoms with Crippen LogP contribution < -0.4 is 0 Å². The monoisotopic (exact) mass is 359 g/mol. The highest BCUT2D eigenvalue weighted by molar-refractivity contribution is 5.94. The molecule has 0 unspecified atom stereocenters. The number of likely N-dealkylation sites (tertiary alicyclic amines) is 1. The Kier molecular flexibility index (Phi) is 3.56. The summed E-state index contributed by atoms with van der Waals surface area (Å²) in [5.41, 5.74) is 1.79. The van der Waals surface area contributed by atoms with Gasteiger partial charge in [-0.3, -0.25) is 9.78 Å². The van der Waals surface area contributed by atoms with E-state index in [1.54, 1.807) is 23.4 Å². The third-order valence-corrected chi connectivity index (χ3v) is 4.39. The van der Waals surface area contributed by atoms with Gasteiger partial charge >= 0.3 is 0 Å². The van der Waals surface area contributed by atoms with E-state index in [4.69, 9.17) is 4.52 Å². The smallest absolute Gasteiger partial charge is 0.274 e. The number of para-hydroxylation sites is 2. The van der Waals surface area contributed by atoms with Crippen molar-refractivity contribution in [3.8, 4) is 11.6 Å². The van der Waals surface area contributed by atoms with Crippen LogP contribution in [-0.2, 0) is 0 Å². The van der Waals surface area contributed by atoms with Crippen LogP contribution >= 0.6 is 0 Å². The normalized spacial score (nSPS) is 14.3. The molecule has 0 bridgehead atoms. The van der Waals surface area contributed by atoms with Crippen molar-refractivity contribution in [3.63, 3.8) is 0 Å². The standard InChI is InChI=1S/C18H13N7O2/c26-18(14-8-21-12-4-1-2-5-13(12)22-14)25-9-11(10-25)17-23-16(24-27-17)15-19-6-3-7-20-15/h1-8,11H,9-10H2. The van der Waals surface area contributed by atoms with Gasteiger partial charge in [-0.25, -0.2) is 15.0 Å². The molecule has 4 aromatic rings. The maximum Gasteiger partial charge on any atom is 0.274 e. The molecule has 3 aromatic heterocycles. The van der Waals surface area contributed by atoms with Crippen LogP contribution in [0.25, 0.3) is 22.7 Å². The second-order valence-electron chi connectivity index (χ2n) is 6.18. The average molecular weight is 359 g/mol. The van der Waals surface area contributed by atoms with Gasteiger partial charge in [-0.2, -0.15) is 4.98 Å². The summed E-state index contributed by atoms with van der Waals surface area (Å²) in [7, 11) is 0. The van der Waals surface area contributed by atoms with E-state index >= 15 is 0 Å². The molecule has 1 aliphatic rings. The Bertz CT molecular complexity index is 1120. The van der Waals surface area contributed by atoms with Crippen molar-refractivity contribution in [2.75, 3.05) is 13.1 Å². The van der Waals surface area contributed by atoms with E-state index in [-0.39, 0.29) is 11.8 Å². The number of carbonyl (C=O) groups is 1. The number of hydrogen-bond donors (Lipinski definition) is 0. The first-order chi connectivity index (χ1) is 13.3. The van der Waals surface area contributed by atoms with E-state index in [0.29, 0.717) is 41.8 Å². The zero-order chi connectivity index (χ0) is 18.2. The van der Waals surface area contributed by atoms with E-state index in [9.17, 15) is 4.79 Å². The van der Waals surface area contributed by atoms with Crippen molar-refractivity contribution in [2.45, 2.75) is 5.92 Å². The lowest BCUT2D eigenvalue weighted by Crippen LogP contribution is -2.48. The highest BCUT2D eigenvalue weighted by Gasteiger charge is 2.36. The lowest BCUT2D eigenvalue weighted by atomic mass is 10.00. The maximum absolute atomic E-state index is 12.6. The lowest BCUT2D eigenvalue weighted by Gasteiger charge is -2.36. The minimum absolute atomic E-state index is 0.00710. The Labute approximate surface area is 153 Å². The molecule has 1 saturated heterocycles. The molecular formula is C18H13N7O2. The second-order valence-corrected chi connectivity index (χ2v) is 6.18. The molecule has 1 fully saturated rings. The van der Waals surface area contributed by atoms with E-state index in [1.807, 2.05) is 24.3 Å². The van der Waals surface area contributed by atoms with Gasteiger partial charge in [-0.05, 0) is 18.2 Å². The van der Waals surface area contributed by atoms with Gasteiger partial charge in [0.2, 0.25) is 17.5 Å². The molecule has 4 heterocycles. The highest BCUT2D eigenvalue weighted by Crippen LogP contribution is 2.28. The molecule has 132 valence electrons. The van der Waals surface area contributed by atoms with E-state index in [0.717, 1.165) is 5.52 Å².